The number of hydrogen-bond donors (Lipinski definition) is 1. The van der Waals surface area contributed by atoms with Crippen LogP contribution in [0.4, 0.5) is 10.5 Å². The molecule has 1 fully saturated rings. The Morgan fingerprint density at radius 1 is 0.944 bits per heavy atom. The van der Waals surface area contributed by atoms with Crippen LogP contribution in [-0.4, -0.2) is 24.5 Å². The summed E-state index contributed by atoms with van der Waals surface area (Å²) in [6.45, 7) is 4.42. The van der Waals surface area contributed by atoms with Crippen LogP contribution < -0.4 is 19.7 Å². The smallest absolute Gasteiger partial charge is 0.335 e. The lowest BCUT2D eigenvalue weighted by Gasteiger charge is -2.26. The van der Waals surface area contributed by atoms with E-state index in [9.17, 15) is 14.4 Å². The molecule has 3 aromatic carbocycles. The Morgan fingerprint density at radius 3 is 2.39 bits per heavy atom. The second-order valence-corrected chi connectivity index (χ2v) is 9.64. The number of halogens is 2. The molecule has 0 aromatic heterocycles. The number of imide groups is 2. The summed E-state index contributed by atoms with van der Waals surface area (Å²) in [7, 11) is 0. The van der Waals surface area contributed by atoms with Crippen molar-refractivity contribution in [3.8, 4) is 11.5 Å². The molecule has 1 heterocycles. The van der Waals surface area contributed by atoms with E-state index in [0.717, 1.165) is 20.5 Å². The minimum Gasteiger partial charge on any atom is -0.490 e. The first kappa shape index (κ1) is 25.7. The minimum atomic E-state index is -0.801. The van der Waals surface area contributed by atoms with Crippen LogP contribution in [0.2, 0.25) is 0 Å². The summed E-state index contributed by atoms with van der Waals surface area (Å²) in [4.78, 5) is 39.4. The predicted molar refractivity (Wildman–Crippen MR) is 144 cm³/mol. The number of urea groups is 1. The fourth-order valence-electron chi connectivity index (χ4n) is 3.63. The number of barbiturate groups is 1. The minimum absolute atomic E-state index is 0.178. The zero-order valence-corrected chi connectivity index (χ0v) is 22.7. The molecule has 36 heavy (non-hydrogen) atoms. The number of anilines is 1. The molecule has 1 aliphatic rings. The summed E-state index contributed by atoms with van der Waals surface area (Å²) in [5.41, 5.74) is 2.54. The van der Waals surface area contributed by atoms with E-state index in [4.69, 9.17) is 9.47 Å². The van der Waals surface area contributed by atoms with Gasteiger partial charge in [-0.15, -0.1) is 0 Å². The maximum atomic E-state index is 13.3. The molecule has 184 valence electrons. The van der Waals surface area contributed by atoms with E-state index in [2.05, 4.69) is 37.2 Å². The summed E-state index contributed by atoms with van der Waals surface area (Å²) in [6.07, 6.45) is 1.43. The monoisotopic (exact) mass is 612 g/mol. The molecule has 9 heteroatoms. The summed E-state index contributed by atoms with van der Waals surface area (Å²) in [5.74, 6) is -0.531. The highest BCUT2D eigenvalue weighted by Crippen LogP contribution is 2.38. The highest BCUT2D eigenvalue weighted by molar-refractivity contribution is 9.10. The molecule has 0 unspecified atom stereocenters. The van der Waals surface area contributed by atoms with Crippen LogP contribution in [0.3, 0.4) is 0 Å². The van der Waals surface area contributed by atoms with Gasteiger partial charge in [-0.05, 0) is 82.9 Å². The average molecular weight is 614 g/mol. The zero-order valence-electron chi connectivity index (χ0n) is 19.5. The molecule has 0 atom stereocenters. The molecule has 0 saturated carbocycles. The second kappa shape index (κ2) is 11.1. The van der Waals surface area contributed by atoms with E-state index >= 15 is 0 Å². The fraction of sp³-hybridized carbons (Fsp3) is 0.148. The largest absolute Gasteiger partial charge is 0.490 e. The third kappa shape index (κ3) is 5.52. The molecule has 3 aromatic rings. The summed E-state index contributed by atoms with van der Waals surface area (Å²) >= 11 is 6.93. The van der Waals surface area contributed by atoms with Crippen LogP contribution in [0.25, 0.3) is 6.08 Å². The van der Waals surface area contributed by atoms with Crippen LogP contribution in [0, 0.1) is 6.92 Å². The van der Waals surface area contributed by atoms with Crippen molar-refractivity contribution in [1.82, 2.24) is 5.32 Å². The Kier molecular flexibility index (Phi) is 7.91. The first-order chi connectivity index (χ1) is 17.3. The number of amides is 4. The third-order valence-corrected chi connectivity index (χ3v) is 6.85. The number of ether oxygens (including phenoxy) is 2. The van der Waals surface area contributed by atoms with Crippen molar-refractivity contribution in [3.63, 3.8) is 0 Å². The summed E-state index contributed by atoms with van der Waals surface area (Å²) in [6, 6.07) is 17.4. The Bertz CT molecular complexity index is 1370. The maximum absolute atomic E-state index is 13.3. The first-order valence-corrected chi connectivity index (χ1v) is 12.7. The van der Waals surface area contributed by atoms with Crippen molar-refractivity contribution in [3.05, 3.63) is 91.9 Å². The topological polar surface area (TPSA) is 84.9 Å². The predicted octanol–water partition coefficient (Wildman–Crippen LogP) is 6.16. The van der Waals surface area contributed by atoms with Crippen molar-refractivity contribution in [2.45, 2.75) is 20.5 Å². The van der Waals surface area contributed by atoms with Crippen LogP contribution >= 0.6 is 31.9 Å². The van der Waals surface area contributed by atoms with Crippen LogP contribution in [-0.2, 0) is 16.2 Å². The van der Waals surface area contributed by atoms with Crippen molar-refractivity contribution < 1.29 is 23.9 Å². The second-order valence-electron chi connectivity index (χ2n) is 7.93. The maximum Gasteiger partial charge on any atom is 0.335 e. The van der Waals surface area contributed by atoms with E-state index in [-0.39, 0.29) is 5.57 Å². The first-order valence-electron chi connectivity index (χ1n) is 11.1. The van der Waals surface area contributed by atoms with Gasteiger partial charge in [0, 0.05) is 4.47 Å². The normalized spacial score (nSPS) is 14.7. The summed E-state index contributed by atoms with van der Waals surface area (Å²) in [5, 5.41) is 2.25. The lowest BCUT2D eigenvalue weighted by molar-refractivity contribution is -0.122. The van der Waals surface area contributed by atoms with Crippen LogP contribution in [0.1, 0.15) is 23.6 Å². The van der Waals surface area contributed by atoms with Gasteiger partial charge >= 0.3 is 6.03 Å². The van der Waals surface area contributed by atoms with E-state index < -0.39 is 17.8 Å². The number of aryl methyl sites for hydroxylation is 1. The molecule has 0 aliphatic carbocycles. The average Bonchev–Trinajstić information content (AvgIpc) is 2.84. The third-order valence-electron chi connectivity index (χ3n) is 5.37. The number of rotatable bonds is 7. The Morgan fingerprint density at radius 2 is 1.69 bits per heavy atom. The van der Waals surface area contributed by atoms with Gasteiger partial charge < -0.3 is 9.47 Å². The van der Waals surface area contributed by atoms with Gasteiger partial charge in [-0.1, -0.05) is 46.3 Å². The van der Waals surface area contributed by atoms with E-state index in [1.165, 1.54) is 6.08 Å². The van der Waals surface area contributed by atoms with Gasteiger partial charge in [0.15, 0.2) is 11.5 Å². The molecular formula is C27H22Br2N2O5. The van der Waals surface area contributed by atoms with Gasteiger partial charge in [0.2, 0.25) is 0 Å². The molecule has 7 nitrogen and oxygen atoms in total. The molecule has 0 bridgehead atoms. The molecule has 1 saturated heterocycles. The highest BCUT2D eigenvalue weighted by atomic mass is 79.9. The standard InChI is InChI=1S/C27H22Br2N2O5/c1-3-35-23-14-18(13-22(29)24(23)36-15-17-7-5-4-6-8-17)12-20-25(32)30-27(34)31(26(20)33)19-9-10-21(28)16(2)11-19/h4-14H,3,15H2,1-2H3,(H,30,32,34)/b20-12+. The Hall–Kier alpha value is -3.43. The number of carbonyl (C=O) groups excluding carboxylic acids is 3. The number of benzene rings is 3. The molecular weight excluding hydrogens is 592 g/mol. The lowest BCUT2D eigenvalue weighted by Crippen LogP contribution is -2.54. The number of nitrogens with zero attached hydrogens (tertiary/aromatic N) is 1. The molecule has 0 spiro atoms. The SMILES string of the molecule is CCOc1cc(/C=C2\C(=O)NC(=O)N(c3ccc(Br)c(C)c3)C2=O)cc(Br)c1OCc1ccccc1. The fourth-order valence-corrected chi connectivity index (χ4v) is 4.45. The molecule has 4 amide bonds. The van der Waals surface area contributed by atoms with E-state index in [0.29, 0.717) is 40.4 Å². The van der Waals surface area contributed by atoms with Gasteiger partial charge in [-0.25, -0.2) is 9.69 Å². The number of carbonyl (C=O) groups is 3. The van der Waals surface area contributed by atoms with Crippen molar-refractivity contribution in [2.24, 2.45) is 0 Å². The van der Waals surface area contributed by atoms with Gasteiger partial charge in [0.05, 0.1) is 16.8 Å². The molecule has 1 N–H and O–H groups in total. The molecule has 1 aliphatic heterocycles. The van der Waals surface area contributed by atoms with Crippen LogP contribution in [0.5, 0.6) is 11.5 Å². The van der Waals surface area contributed by atoms with E-state index in [1.54, 1.807) is 30.3 Å². The van der Waals surface area contributed by atoms with Gasteiger partial charge in [-0.3, -0.25) is 14.9 Å². The zero-order chi connectivity index (χ0) is 25.8. The van der Waals surface area contributed by atoms with Gasteiger partial charge in [-0.2, -0.15) is 0 Å². The van der Waals surface area contributed by atoms with Crippen molar-refractivity contribution in [1.29, 1.82) is 0 Å². The van der Waals surface area contributed by atoms with Crippen molar-refractivity contribution >= 4 is 61.5 Å². The van der Waals surface area contributed by atoms with Crippen molar-refractivity contribution in [2.75, 3.05) is 11.5 Å². The Balaban J connectivity index is 1.67. The van der Waals surface area contributed by atoms with E-state index in [1.807, 2.05) is 44.2 Å². The number of hydrogen-bond acceptors (Lipinski definition) is 5. The number of nitrogens with one attached hydrogen (secondary N) is 1. The lowest BCUT2D eigenvalue weighted by atomic mass is 10.1. The Labute approximate surface area is 225 Å². The van der Waals surface area contributed by atoms with Gasteiger partial charge in [0.1, 0.15) is 12.2 Å². The highest BCUT2D eigenvalue weighted by Gasteiger charge is 2.37. The van der Waals surface area contributed by atoms with Gasteiger partial charge in [0.25, 0.3) is 11.8 Å². The summed E-state index contributed by atoms with van der Waals surface area (Å²) < 4.78 is 13.2. The molecule has 0 radical (unpaired) electrons. The molecule has 4 rings (SSSR count). The quantitative estimate of drug-likeness (QED) is 0.255. The van der Waals surface area contributed by atoms with Crippen LogP contribution in [0.15, 0.2) is 75.2 Å².